The second-order valence-electron chi connectivity index (χ2n) is 9.73. The van der Waals surface area contributed by atoms with Crippen LogP contribution in [0, 0.1) is 6.92 Å². The number of aryl methyl sites for hydroxylation is 1. The number of fused-ring (bicyclic) bond motifs is 1. The Morgan fingerprint density at radius 2 is 1.59 bits per heavy atom. The third-order valence-corrected chi connectivity index (χ3v) is 6.83. The molecule has 2 heterocycles. The molecule has 1 amide bonds. The van der Waals surface area contributed by atoms with Crippen LogP contribution in [0.25, 0.3) is 11.1 Å². The highest BCUT2D eigenvalue weighted by molar-refractivity contribution is 5.96. The fourth-order valence-electron chi connectivity index (χ4n) is 4.83. The fraction of sp³-hybridized carbons (Fsp3) is 0.258. The number of nitrogens with zero attached hydrogens (tertiary/aromatic N) is 3. The molecule has 0 bridgehead atoms. The summed E-state index contributed by atoms with van der Waals surface area (Å²) in [5, 5.41) is 0. The average Bonchev–Trinajstić information content (AvgIpc) is 2.90. The monoisotopic (exact) mass is 493 g/mol. The van der Waals surface area contributed by atoms with Crippen LogP contribution < -0.4 is 10.3 Å². The van der Waals surface area contributed by atoms with Crippen LogP contribution in [-0.2, 0) is 19.6 Å². The molecule has 37 heavy (non-hydrogen) atoms. The highest BCUT2D eigenvalue weighted by Crippen LogP contribution is 2.28. The van der Waals surface area contributed by atoms with Gasteiger partial charge in [-0.25, -0.2) is 0 Å². The maximum absolute atomic E-state index is 13.6. The Kier molecular flexibility index (Phi) is 6.91. The summed E-state index contributed by atoms with van der Waals surface area (Å²) < 4.78 is 7.87. The zero-order valence-electron chi connectivity index (χ0n) is 21.5. The van der Waals surface area contributed by atoms with Crippen molar-refractivity contribution in [3.05, 3.63) is 117 Å². The Hall–Kier alpha value is -4.19. The van der Waals surface area contributed by atoms with Gasteiger partial charge in [-0.15, -0.1) is 0 Å². The van der Waals surface area contributed by atoms with Gasteiger partial charge >= 0.3 is 5.56 Å². The van der Waals surface area contributed by atoms with Crippen LogP contribution in [0.15, 0.2) is 83.7 Å². The smallest absolute Gasteiger partial charge is 0.316 e. The van der Waals surface area contributed by atoms with Crippen molar-refractivity contribution < 1.29 is 9.53 Å². The van der Waals surface area contributed by atoms with Crippen molar-refractivity contribution in [2.75, 3.05) is 6.54 Å². The first-order chi connectivity index (χ1) is 17.9. The summed E-state index contributed by atoms with van der Waals surface area (Å²) in [6.45, 7) is 7.33. The van der Waals surface area contributed by atoms with Crippen molar-refractivity contribution >= 4 is 5.91 Å². The molecule has 0 aliphatic carbocycles. The number of benzene rings is 3. The van der Waals surface area contributed by atoms with E-state index in [1.54, 1.807) is 4.90 Å². The van der Waals surface area contributed by atoms with Gasteiger partial charge < -0.3 is 14.2 Å². The molecule has 1 aromatic heterocycles. The second kappa shape index (κ2) is 10.4. The lowest BCUT2D eigenvalue weighted by molar-refractivity contribution is 0.0634. The predicted molar refractivity (Wildman–Crippen MR) is 145 cm³/mol. The Labute approximate surface area is 217 Å². The van der Waals surface area contributed by atoms with Gasteiger partial charge in [-0.2, -0.15) is 4.98 Å². The van der Waals surface area contributed by atoms with Crippen molar-refractivity contribution in [2.24, 2.45) is 0 Å². The van der Waals surface area contributed by atoms with Gasteiger partial charge in [0, 0.05) is 25.6 Å². The van der Waals surface area contributed by atoms with E-state index in [4.69, 9.17) is 4.74 Å². The first-order valence-electron chi connectivity index (χ1n) is 12.7. The molecule has 0 radical (unpaired) electrons. The summed E-state index contributed by atoms with van der Waals surface area (Å²) in [4.78, 5) is 33.2. The number of carbonyl (C=O) groups excluding carboxylic acids is 1. The van der Waals surface area contributed by atoms with Crippen LogP contribution in [0.5, 0.6) is 5.75 Å². The highest BCUT2D eigenvalue weighted by Gasteiger charge is 2.33. The van der Waals surface area contributed by atoms with Crippen molar-refractivity contribution in [1.82, 2.24) is 14.5 Å². The van der Waals surface area contributed by atoms with E-state index in [0.29, 0.717) is 31.0 Å². The zero-order chi connectivity index (χ0) is 25.9. The number of hydrogen-bond donors (Lipinski definition) is 0. The summed E-state index contributed by atoms with van der Waals surface area (Å²) in [5.74, 6) is 0.398. The van der Waals surface area contributed by atoms with Gasteiger partial charge in [0.1, 0.15) is 12.4 Å². The molecule has 6 heteroatoms. The van der Waals surface area contributed by atoms with Crippen LogP contribution in [0.2, 0.25) is 0 Å². The molecule has 6 nitrogen and oxygen atoms in total. The molecule has 0 unspecified atom stereocenters. The summed E-state index contributed by atoms with van der Waals surface area (Å²) in [7, 11) is 0. The lowest BCUT2D eigenvalue weighted by Gasteiger charge is -2.34. The molecular formula is C31H31N3O3. The highest BCUT2D eigenvalue weighted by atomic mass is 16.5. The van der Waals surface area contributed by atoms with Crippen molar-refractivity contribution in [3.8, 4) is 16.9 Å². The summed E-state index contributed by atoms with van der Waals surface area (Å²) in [5.41, 5.74) is 5.13. The van der Waals surface area contributed by atoms with Gasteiger partial charge in [-0.05, 0) is 43.0 Å². The van der Waals surface area contributed by atoms with E-state index in [1.807, 2.05) is 60.9 Å². The van der Waals surface area contributed by atoms with Gasteiger partial charge in [0.05, 0.1) is 0 Å². The summed E-state index contributed by atoms with van der Waals surface area (Å²) >= 11 is 0. The van der Waals surface area contributed by atoms with Crippen LogP contribution in [0.4, 0.5) is 0 Å². The minimum Gasteiger partial charge on any atom is -0.481 e. The van der Waals surface area contributed by atoms with Crippen molar-refractivity contribution in [1.29, 1.82) is 0 Å². The SMILES string of the molecule is Cc1ccc(-c2ccccc2Cc2nc(=O)c(OCc3ccccc3)c3n2CCN(C(C)C)C3=O)cc1. The Morgan fingerprint density at radius 1 is 0.892 bits per heavy atom. The average molecular weight is 494 g/mol. The Balaban J connectivity index is 1.57. The maximum Gasteiger partial charge on any atom is 0.316 e. The molecule has 188 valence electrons. The van der Waals surface area contributed by atoms with E-state index in [-0.39, 0.29) is 24.3 Å². The van der Waals surface area contributed by atoms with Crippen molar-refractivity contribution in [2.45, 2.75) is 46.4 Å². The number of amides is 1. The Morgan fingerprint density at radius 3 is 2.32 bits per heavy atom. The molecule has 3 aromatic carbocycles. The topological polar surface area (TPSA) is 64.4 Å². The molecular weight excluding hydrogens is 462 g/mol. The van der Waals surface area contributed by atoms with Crippen LogP contribution >= 0.6 is 0 Å². The fourth-order valence-corrected chi connectivity index (χ4v) is 4.83. The lowest BCUT2D eigenvalue weighted by Crippen LogP contribution is -2.46. The molecule has 0 saturated heterocycles. The summed E-state index contributed by atoms with van der Waals surface area (Å²) in [6, 6.07) is 26.2. The molecule has 1 aliphatic heterocycles. The molecule has 0 N–H and O–H groups in total. The van der Waals surface area contributed by atoms with Crippen LogP contribution in [0.3, 0.4) is 0 Å². The zero-order valence-corrected chi connectivity index (χ0v) is 21.5. The van der Waals surface area contributed by atoms with E-state index in [1.165, 1.54) is 5.56 Å². The second-order valence-corrected chi connectivity index (χ2v) is 9.73. The standard InChI is InChI=1S/C31H31N3O3/c1-21(2)33-17-18-34-27(19-25-11-7-8-12-26(25)24-15-13-22(3)14-16-24)32-30(35)29(28(34)31(33)36)37-20-23-9-5-4-6-10-23/h4-16,21H,17-20H2,1-3H3. The summed E-state index contributed by atoms with van der Waals surface area (Å²) in [6.07, 6.45) is 0.431. The number of ether oxygens (including phenoxy) is 1. The molecule has 5 rings (SSSR count). The molecule has 0 atom stereocenters. The van der Waals surface area contributed by atoms with Crippen LogP contribution in [-0.4, -0.2) is 32.9 Å². The predicted octanol–water partition coefficient (Wildman–Crippen LogP) is 5.25. The number of rotatable bonds is 7. The number of hydrogen-bond acceptors (Lipinski definition) is 4. The van der Waals surface area contributed by atoms with E-state index in [0.717, 1.165) is 22.3 Å². The normalized spacial score (nSPS) is 13.1. The minimum absolute atomic E-state index is 0.0113. The van der Waals surface area contributed by atoms with E-state index >= 15 is 0 Å². The number of carbonyl (C=O) groups is 1. The quantitative estimate of drug-likeness (QED) is 0.353. The molecule has 0 saturated carbocycles. The first kappa shape index (κ1) is 24.5. The van der Waals surface area contributed by atoms with E-state index in [9.17, 15) is 9.59 Å². The Bertz CT molecular complexity index is 1470. The lowest BCUT2D eigenvalue weighted by atomic mass is 9.96. The van der Waals surface area contributed by atoms with E-state index in [2.05, 4.69) is 48.3 Å². The van der Waals surface area contributed by atoms with Gasteiger partial charge in [0.15, 0.2) is 5.69 Å². The molecule has 0 spiro atoms. The third-order valence-electron chi connectivity index (χ3n) is 6.83. The molecule has 1 aliphatic rings. The minimum atomic E-state index is -0.510. The van der Waals surface area contributed by atoms with Gasteiger partial charge in [0.25, 0.3) is 5.91 Å². The molecule has 0 fully saturated rings. The van der Waals surface area contributed by atoms with Gasteiger partial charge in [-0.1, -0.05) is 84.4 Å². The van der Waals surface area contributed by atoms with Crippen LogP contribution in [0.1, 0.15) is 46.9 Å². The van der Waals surface area contributed by atoms with E-state index < -0.39 is 5.56 Å². The molecule has 4 aromatic rings. The van der Waals surface area contributed by atoms with Gasteiger partial charge in [0.2, 0.25) is 5.75 Å². The third kappa shape index (κ3) is 5.05. The van der Waals surface area contributed by atoms with Crippen molar-refractivity contribution in [3.63, 3.8) is 0 Å². The first-order valence-corrected chi connectivity index (χ1v) is 12.7. The maximum atomic E-state index is 13.6. The van der Waals surface area contributed by atoms with Gasteiger partial charge in [-0.3, -0.25) is 9.59 Å². The largest absolute Gasteiger partial charge is 0.481 e. The number of aromatic nitrogens is 2.